The molecule has 0 aromatic heterocycles. The lowest BCUT2D eigenvalue weighted by Gasteiger charge is -2.32. The molecule has 0 saturated heterocycles. The molecule has 0 fully saturated rings. The molecule has 2 aliphatic rings. The third-order valence-corrected chi connectivity index (χ3v) is 9.74. The summed E-state index contributed by atoms with van der Waals surface area (Å²) >= 11 is 0. The van der Waals surface area contributed by atoms with Crippen molar-refractivity contribution in [3.63, 3.8) is 0 Å². The average molecular weight is 741 g/mol. The molecule has 2 heterocycles. The Kier molecular flexibility index (Phi) is 11.5. The van der Waals surface area contributed by atoms with E-state index in [9.17, 15) is 19.2 Å². The molecule has 0 saturated carbocycles. The number of carbonyl (C=O) groups excluding carboxylic acids is 4. The van der Waals surface area contributed by atoms with E-state index in [4.69, 9.17) is 28.4 Å². The van der Waals surface area contributed by atoms with E-state index in [0.29, 0.717) is 84.3 Å². The number of methoxy groups -OCH3 is 6. The van der Waals surface area contributed by atoms with E-state index in [0.717, 1.165) is 11.1 Å². The molecule has 54 heavy (non-hydrogen) atoms. The highest BCUT2D eigenvalue weighted by Gasteiger charge is 2.39. The molecular weight excluding hydrogens is 696 g/mol. The molecule has 2 aliphatic heterocycles. The van der Waals surface area contributed by atoms with Crippen LogP contribution >= 0.6 is 0 Å². The van der Waals surface area contributed by atoms with Gasteiger partial charge >= 0.3 is 0 Å². The van der Waals surface area contributed by atoms with E-state index >= 15 is 0 Å². The van der Waals surface area contributed by atoms with Gasteiger partial charge in [-0.25, -0.2) is 0 Å². The highest BCUT2D eigenvalue weighted by molar-refractivity contribution is 6.33. The first kappa shape index (κ1) is 37.9. The van der Waals surface area contributed by atoms with E-state index in [-0.39, 0.29) is 35.3 Å². The van der Waals surface area contributed by atoms with Crippen LogP contribution in [0.4, 0.5) is 0 Å². The summed E-state index contributed by atoms with van der Waals surface area (Å²) in [6, 6.07) is 13.7. The van der Waals surface area contributed by atoms with Gasteiger partial charge in [0.1, 0.15) is 0 Å². The molecule has 4 amide bonds. The number of carbonyl (C=O) groups is 4. The SMILES string of the molecule is COc1ccc(CNCCCN2C(=O)c3ccc4c5c(ccc(c35)C2=O)C(=O)N(CCCNCc2ccc(OC)c(OC)c2OC)C4=O)c(OC)c1OC. The van der Waals surface area contributed by atoms with E-state index in [2.05, 4.69) is 10.6 Å². The first-order valence-electron chi connectivity index (χ1n) is 17.5. The lowest BCUT2D eigenvalue weighted by Crippen LogP contribution is -2.44. The van der Waals surface area contributed by atoms with Gasteiger partial charge in [-0.05, 0) is 62.3 Å². The van der Waals surface area contributed by atoms with Crippen LogP contribution in [0.3, 0.4) is 0 Å². The van der Waals surface area contributed by atoms with E-state index < -0.39 is 23.6 Å². The summed E-state index contributed by atoms with van der Waals surface area (Å²) in [5, 5.41) is 7.37. The molecule has 4 aromatic rings. The lowest BCUT2D eigenvalue weighted by molar-refractivity contribution is 0.0587. The fourth-order valence-corrected chi connectivity index (χ4v) is 7.16. The third-order valence-electron chi connectivity index (χ3n) is 9.74. The second-order valence-electron chi connectivity index (χ2n) is 12.6. The van der Waals surface area contributed by atoms with Crippen LogP contribution < -0.4 is 39.1 Å². The van der Waals surface area contributed by atoms with Crippen LogP contribution in [0.2, 0.25) is 0 Å². The van der Waals surface area contributed by atoms with Gasteiger partial charge in [0.25, 0.3) is 23.6 Å². The molecule has 6 rings (SSSR count). The Morgan fingerprint density at radius 2 is 0.778 bits per heavy atom. The van der Waals surface area contributed by atoms with Crippen LogP contribution in [0.15, 0.2) is 48.5 Å². The molecule has 0 aliphatic carbocycles. The maximum atomic E-state index is 13.7. The van der Waals surface area contributed by atoms with Crippen molar-refractivity contribution in [3.8, 4) is 34.5 Å². The van der Waals surface area contributed by atoms with Gasteiger partial charge < -0.3 is 39.1 Å². The molecule has 0 bridgehead atoms. The van der Waals surface area contributed by atoms with Gasteiger partial charge in [0.2, 0.25) is 11.5 Å². The largest absolute Gasteiger partial charge is 0.493 e. The van der Waals surface area contributed by atoms with Gasteiger partial charge in [0, 0.05) is 70.3 Å². The van der Waals surface area contributed by atoms with Crippen LogP contribution in [0.25, 0.3) is 10.8 Å². The second-order valence-corrected chi connectivity index (χ2v) is 12.6. The van der Waals surface area contributed by atoms with Crippen LogP contribution in [0.1, 0.15) is 65.4 Å². The molecule has 14 heteroatoms. The van der Waals surface area contributed by atoms with Gasteiger partial charge in [-0.2, -0.15) is 0 Å². The van der Waals surface area contributed by atoms with Gasteiger partial charge in [0.15, 0.2) is 23.0 Å². The number of hydrogen-bond donors (Lipinski definition) is 2. The summed E-state index contributed by atoms with van der Waals surface area (Å²) in [6.45, 7) is 2.29. The van der Waals surface area contributed by atoms with Crippen LogP contribution in [-0.4, -0.2) is 102 Å². The highest BCUT2D eigenvalue weighted by Crippen LogP contribution is 2.41. The molecule has 0 radical (unpaired) electrons. The van der Waals surface area contributed by atoms with Crippen LogP contribution in [0, 0.1) is 0 Å². The Balaban J connectivity index is 1.08. The number of rotatable bonds is 18. The van der Waals surface area contributed by atoms with E-state index in [1.807, 2.05) is 12.1 Å². The molecule has 4 aromatic carbocycles. The minimum absolute atomic E-state index is 0.177. The summed E-state index contributed by atoms with van der Waals surface area (Å²) in [6.07, 6.45) is 0.981. The molecule has 0 atom stereocenters. The van der Waals surface area contributed by atoms with Crippen molar-refractivity contribution >= 4 is 34.4 Å². The summed E-state index contributed by atoms with van der Waals surface area (Å²) in [5.74, 6) is 1.38. The first-order valence-corrected chi connectivity index (χ1v) is 17.5. The molecule has 2 N–H and O–H groups in total. The smallest absolute Gasteiger partial charge is 0.261 e. The molecule has 0 unspecified atom stereocenters. The number of nitrogens with one attached hydrogen (secondary N) is 2. The maximum absolute atomic E-state index is 13.7. The van der Waals surface area contributed by atoms with Crippen LogP contribution in [0.5, 0.6) is 34.5 Å². The van der Waals surface area contributed by atoms with Crippen molar-refractivity contribution in [2.45, 2.75) is 25.9 Å². The number of amides is 4. The Morgan fingerprint density at radius 3 is 1.07 bits per heavy atom. The quantitative estimate of drug-likeness (QED) is 0.110. The highest BCUT2D eigenvalue weighted by atomic mass is 16.5. The predicted molar refractivity (Wildman–Crippen MR) is 200 cm³/mol. The Hall–Kier alpha value is -5.86. The Labute approximate surface area is 313 Å². The van der Waals surface area contributed by atoms with Crippen molar-refractivity contribution in [1.82, 2.24) is 20.4 Å². The van der Waals surface area contributed by atoms with Gasteiger partial charge in [0.05, 0.1) is 42.7 Å². The monoisotopic (exact) mass is 740 g/mol. The van der Waals surface area contributed by atoms with Crippen molar-refractivity contribution in [1.29, 1.82) is 0 Å². The van der Waals surface area contributed by atoms with Crippen molar-refractivity contribution in [2.24, 2.45) is 0 Å². The van der Waals surface area contributed by atoms with Gasteiger partial charge in [-0.1, -0.05) is 12.1 Å². The van der Waals surface area contributed by atoms with E-state index in [1.54, 1.807) is 79.1 Å². The van der Waals surface area contributed by atoms with Gasteiger partial charge in [-0.3, -0.25) is 29.0 Å². The Bertz CT molecular complexity index is 1900. The summed E-state index contributed by atoms with van der Waals surface area (Å²) in [7, 11) is 9.33. The van der Waals surface area contributed by atoms with Gasteiger partial charge in [-0.15, -0.1) is 0 Å². The number of nitrogens with zero attached hydrogens (tertiary/aromatic N) is 2. The average Bonchev–Trinajstić information content (AvgIpc) is 3.19. The zero-order valence-electron chi connectivity index (χ0n) is 31.3. The topological polar surface area (TPSA) is 154 Å². The minimum atomic E-state index is -0.461. The second kappa shape index (κ2) is 16.4. The van der Waals surface area contributed by atoms with Crippen molar-refractivity contribution in [3.05, 3.63) is 81.9 Å². The summed E-state index contributed by atoms with van der Waals surface area (Å²) < 4.78 is 32.8. The fourth-order valence-electron chi connectivity index (χ4n) is 7.16. The fraction of sp³-hybridized carbons (Fsp3) is 0.350. The van der Waals surface area contributed by atoms with E-state index in [1.165, 1.54) is 9.80 Å². The summed E-state index contributed by atoms with van der Waals surface area (Å²) in [4.78, 5) is 57.3. The third kappa shape index (κ3) is 6.74. The number of hydrogen-bond acceptors (Lipinski definition) is 12. The zero-order valence-corrected chi connectivity index (χ0v) is 31.3. The number of benzene rings is 4. The normalized spacial score (nSPS) is 13.4. The summed E-state index contributed by atoms with van der Waals surface area (Å²) in [5.41, 5.74) is 2.88. The minimum Gasteiger partial charge on any atom is -0.493 e. The van der Waals surface area contributed by atoms with Crippen LogP contribution in [-0.2, 0) is 13.1 Å². The molecular formula is C40H44N4O10. The van der Waals surface area contributed by atoms with Crippen molar-refractivity contribution in [2.75, 3.05) is 68.8 Å². The zero-order chi connectivity index (χ0) is 38.5. The Morgan fingerprint density at radius 1 is 0.444 bits per heavy atom. The maximum Gasteiger partial charge on any atom is 0.261 e. The lowest BCUT2D eigenvalue weighted by atomic mass is 9.86. The number of imide groups is 2. The first-order chi connectivity index (χ1) is 26.2. The van der Waals surface area contributed by atoms with Crippen molar-refractivity contribution < 1.29 is 47.6 Å². The molecule has 14 nitrogen and oxygen atoms in total. The molecule has 284 valence electrons. The molecule has 0 spiro atoms. The predicted octanol–water partition coefficient (Wildman–Crippen LogP) is 4.44. The standard InChI is InChI=1S/C40H44N4O10/c1-49-29-15-9-23(33(51-3)35(29)53-5)21-41-17-7-19-43-37(45)25-11-13-27-32-28(14-12-26(31(25)32)38(43)46)40(48)44(39(27)47)20-8-18-42-22-24-10-16-30(50-2)36(54-6)34(24)52-4/h9-16,41-42H,7-8,17-22H2,1-6H3. The number of ether oxygens (including phenoxy) is 6.